The van der Waals surface area contributed by atoms with Crippen LogP contribution in [0.5, 0.6) is 0 Å². The average molecular weight is 151 g/mol. The van der Waals surface area contributed by atoms with Crippen molar-refractivity contribution in [3.63, 3.8) is 0 Å². The largest absolute Gasteiger partial charge is 0.397 e. The van der Waals surface area contributed by atoms with Crippen molar-refractivity contribution in [3.05, 3.63) is 24.3 Å². The molecule has 0 amide bonds. The summed E-state index contributed by atoms with van der Waals surface area (Å²) in [5.74, 6) is -0.320. The minimum absolute atomic E-state index is 0.320. The van der Waals surface area contributed by atoms with Crippen LogP contribution in [-0.4, -0.2) is 9.97 Å². The van der Waals surface area contributed by atoms with Gasteiger partial charge in [0, 0.05) is 6.20 Å². The lowest BCUT2D eigenvalue weighted by Crippen LogP contribution is -1.85. The van der Waals surface area contributed by atoms with Crippen LogP contribution in [0.15, 0.2) is 18.5 Å². The quantitative estimate of drug-likeness (QED) is 0.596. The first-order valence-electron chi connectivity index (χ1n) is 3.15. The van der Waals surface area contributed by atoms with Crippen LogP contribution >= 0.6 is 0 Å². The highest BCUT2D eigenvalue weighted by Gasteiger charge is 2.02. The number of nitrogens with zero attached hydrogens (tertiary/aromatic N) is 1. The zero-order valence-corrected chi connectivity index (χ0v) is 5.63. The fourth-order valence-corrected chi connectivity index (χ4v) is 0.987. The highest BCUT2D eigenvalue weighted by atomic mass is 19.1. The molecular weight excluding hydrogens is 145 g/mol. The maximum atomic E-state index is 12.8. The van der Waals surface area contributed by atoms with Crippen molar-refractivity contribution in [1.82, 2.24) is 9.97 Å². The van der Waals surface area contributed by atoms with E-state index in [-0.39, 0.29) is 5.82 Å². The third-order valence-corrected chi connectivity index (χ3v) is 1.50. The Kier molecular flexibility index (Phi) is 1.09. The number of pyridine rings is 1. The van der Waals surface area contributed by atoms with Crippen molar-refractivity contribution < 1.29 is 4.39 Å². The highest BCUT2D eigenvalue weighted by Crippen LogP contribution is 2.16. The van der Waals surface area contributed by atoms with Crippen LogP contribution in [0, 0.1) is 5.82 Å². The molecule has 2 heterocycles. The Balaban J connectivity index is 2.87. The van der Waals surface area contributed by atoms with Gasteiger partial charge in [0.1, 0.15) is 11.5 Å². The number of H-pyrrole nitrogens is 1. The number of hydrogen-bond donors (Lipinski definition) is 2. The summed E-state index contributed by atoms with van der Waals surface area (Å²) < 4.78 is 12.8. The second kappa shape index (κ2) is 1.95. The standard InChI is InChI=1S/C7H6FN3/c8-6-3-11-7-5(6)1-4(9)2-10-7/h1-3H,9H2,(H,10,11). The maximum Gasteiger partial charge on any atom is 0.150 e. The van der Waals surface area contributed by atoms with E-state index in [0.29, 0.717) is 16.7 Å². The van der Waals surface area contributed by atoms with E-state index in [2.05, 4.69) is 9.97 Å². The third kappa shape index (κ3) is 0.832. The van der Waals surface area contributed by atoms with Gasteiger partial charge < -0.3 is 10.7 Å². The Bertz CT molecular complexity index is 393. The van der Waals surface area contributed by atoms with E-state index in [4.69, 9.17) is 5.73 Å². The van der Waals surface area contributed by atoms with Gasteiger partial charge in [-0.25, -0.2) is 9.37 Å². The van der Waals surface area contributed by atoms with Gasteiger partial charge in [-0.15, -0.1) is 0 Å². The molecule has 0 aromatic carbocycles. The molecule has 0 aliphatic carbocycles. The van der Waals surface area contributed by atoms with Crippen molar-refractivity contribution in [1.29, 1.82) is 0 Å². The summed E-state index contributed by atoms with van der Waals surface area (Å²) in [4.78, 5) is 6.55. The molecule has 3 N–H and O–H groups in total. The van der Waals surface area contributed by atoms with Crippen LogP contribution in [0.25, 0.3) is 11.0 Å². The molecule has 0 atom stereocenters. The lowest BCUT2D eigenvalue weighted by atomic mass is 10.3. The van der Waals surface area contributed by atoms with E-state index in [1.165, 1.54) is 12.4 Å². The number of aromatic nitrogens is 2. The molecule has 0 fully saturated rings. The summed E-state index contributed by atoms with van der Waals surface area (Å²) in [5, 5.41) is 0.435. The minimum atomic E-state index is -0.320. The monoisotopic (exact) mass is 151 g/mol. The van der Waals surface area contributed by atoms with Crippen LogP contribution in [0.4, 0.5) is 10.1 Å². The highest BCUT2D eigenvalue weighted by molar-refractivity contribution is 5.78. The molecule has 3 nitrogen and oxygen atoms in total. The van der Waals surface area contributed by atoms with Gasteiger partial charge in [0.15, 0.2) is 0 Å². The lowest BCUT2D eigenvalue weighted by molar-refractivity contribution is 0.639. The average Bonchev–Trinajstić information content (AvgIpc) is 2.33. The number of hydrogen-bond acceptors (Lipinski definition) is 2. The first-order valence-corrected chi connectivity index (χ1v) is 3.15. The first-order chi connectivity index (χ1) is 5.27. The number of aromatic amines is 1. The SMILES string of the molecule is Nc1cnc2[nH]cc(F)c2c1. The number of halogens is 1. The molecule has 0 radical (unpaired) electrons. The van der Waals surface area contributed by atoms with E-state index in [1.807, 2.05) is 0 Å². The fourth-order valence-electron chi connectivity index (χ4n) is 0.987. The van der Waals surface area contributed by atoms with Crippen molar-refractivity contribution in [2.24, 2.45) is 0 Å². The molecule has 11 heavy (non-hydrogen) atoms. The topological polar surface area (TPSA) is 54.7 Å². The number of fused-ring (bicyclic) bond motifs is 1. The van der Waals surface area contributed by atoms with Gasteiger partial charge in [-0.3, -0.25) is 0 Å². The number of anilines is 1. The summed E-state index contributed by atoms with van der Waals surface area (Å²) in [5.41, 5.74) is 6.40. The Morgan fingerprint density at radius 2 is 2.36 bits per heavy atom. The third-order valence-electron chi connectivity index (χ3n) is 1.50. The Labute approximate surface area is 62.0 Å². The second-order valence-electron chi connectivity index (χ2n) is 2.30. The van der Waals surface area contributed by atoms with Crippen LogP contribution in [0.1, 0.15) is 0 Å². The van der Waals surface area contributed by atoms with Crippen molar-refractivity contribution >= 4 is 16.7 Å². The van der Waals surface area contributed by atoms with Gasteiger partial charge in [0.2, 0.25) is 0 Å². The molecule has 0 spiro atoms. The molecule has 0 saturated heterocycles. The number of nitrogens with one attached hydrogen (secondary N) is 1. The van der Waals surface area contributed by atoms with Gasteiger partial charge in [-0.2, -0.15) is 0 Å². The normalized spacial score (nSPS) is 10.6. The summed E-state index contributed by atoms with van der Waals surface area (Å²) in [6.07, 6.45) is 2.75. The molecule has 0 unspecified atom stereocenters. The molecule has 0 saturated carbocycles. The summed E-state index contributed by atoms with van der Waals surface area (Å²) in [6.45, 7) is 0. The minimum Gasteiger partial charge on any atom is -0.397 e. The molecular formula is C7H6FN3. The number of nitrogen functional groups attached to an aromatic ring is 1. The van der Waals surface area contributed by atoms with Crippen molar-refractivity contribution in [3.8, 4) is 0 Å². The van der Waals surface area contributed by atoms with Crippen LogP contribution < -0.4 is 5.73 Å². The Morgan fingerprint density at radius 3 is 3.18 bits per heavy atom. The van der Waals surface area contributed by atoms with E-state index in [9.17, 15) is 4.39 Å². The Morgan fingerprint density at radius 1 is 1.55 bits per heavy atom. The van der Waals surface area contributed by atoms with Crippen LogP contribution in [0.2, 0.25) is 0 Å². The molecule has 0 bridgehead atoms. The molecule has 4 heteroatoms. The van der Waals surface area contributed by atoms with E-state index < -0.39 is 0 Å². The summed E-state index contributed by atoms with van der Waals surface area (Å²) in [7, 11) is 0. The summed E-state index contributed by atoms with van der Waals surface area (Å²) in [6, 6.07) is 1.55. The molecule has 0 aliphatic rings. The number of nitrogens with two attached hydrogens (primary N) is 1. The fraction of sp³-hybridized carbons (Fsp3) is 0. The van der Waals surface area contributed by atoms with Gasteiger partial charge in [-0.05, 0) is 6.07 Å². The van der Waals surface area contributed by atoms with Gasteiger partial charge in [0.25, 0.3) is 0 Å². The predicted molar refractivity (Wildman–Crippen MR) is 40.5 cm³/mol. The van der Waals surface area contributed by atoms with E-state index >= 15 is 0 Å². The molecule has 2 rings (SSSR count). The zero-order chi connectivity index (χ0) is 7.84. The van der Waals surface area contributed by atoms with Gasteiger partial charge in [-0.1, -0.05) is 0 Å². The van der Waals surface area contributed by atoms with E-state index in [0.717, 1.165) is 0 Å². The van der Waals surface area contributed by atoms with Gasteiger partial charge in [0.05, 0.1) is 17.3 Å². The van der Waals surface area contributed by atoms with Crippen LogP contribution in [0.3, 0.4) is 0 Å². The van der Waals surface area contributed by atoms with Crippen LogP contribution in [-0.2, 0) is 0 Å². The first kappa shape index (κ1) is 6.15. The zero-order valence-electron chi connectivity index (χ0n) is 5.63. The van der Waals surface area contributed by atoms with E-state index in [1.54, 1.807) is 6.07 Å². The van der Waals surface area contributed by atoms with Crippen molar-refractivity contribution in [2.75, 3.05) is 5.73 Å². The molecule has 0 aliphatic heterocycles. The maximum absolute atomic E-state index is 12.8. The molecule has 2 aromatic rings. The molecule has 2 aromatic heterocycles. The summed E-state index contributed by atoms with van der Waals surface area (Å²) >= 11 is 0. The van der Waals surface area contributed by atoms with Crippen molar-refractivity contribution in [2.45, 2.75) is 0 Å². The second-order valence-corrected chi connectivity index (χ2v) is 2.30. The Hall–Kier alpha value is -1.58. The van der Waals surface area contributed by atoms with Gasteiger partial charge >= 0.3 is 0 Å². The predicted octanol–water partition coefficient (Wildman–Crippen LogP) is 1.28. The smallest absolute Gasteiger partial charge is 0.150 e. The number of rotatable bonds is 0. The molecule has 56 valence electrons. The lowest BCUT2D eigenvalue weighted by Gasteiger charge is -1.90.